The Kier molecular flexibility index (Phi) is 5.01. The first-order valence-electron chi connectivity index (χ1n) is 14.0. The lowest BCUT2D eigenvalue weighted by Crippen LogP contribution is -2.67. The Bertz CT molecular complexity index is 765. The topological polar surface area (TPSA) is 40.5 Å². The maximum Gasteiger partial charge on any atom is 0.0622 e. The monoisotopic (exact) mass is 444 g/mol. The summed E-state index contributed by atoms with van der Waals surface area (Å²) < 4.78 is 0. The van der Waals surface area contributed by atoms with Crippen molar-refractivity contribution in [3.63, 3.8) is 0 Å². The first-order valence-corrected chi connectivity index (χ1v) is 14.0. The predicted molar refractivity (Wildman–Crippen MR) is 132 cm³/mol. The maximum atomic E-state index is 11.0. The second kappa shape index (κ2) is 6.77. The minimum atomic E-state index is -0.544. The van der Waals surface area contributed by atoms with Crippen LogP contribution in [-0.4, -0.2) is 21.9 Å². The molecule has 0 aromatic carbocycles. The molecule has 0 amide bonds. The molecule has 0 saturated heterocycles. The van der Waals surface area contributed by atoms with Gasteiger partial charge in [-0.3, -0.25) is 0 Å². The highest BCUT2D eigenvalue weighted by atomic mass is 16.3. The second-order valence-corrected chi connectivity index (χ2v) is 15.4. The molecular weight excluding hydrogens is 392 g/mol. The maximum absolute atomic E-state index is 11.0. The number of fused-ring (bicyclic) bond motifs is 7. The average molecular weight is 445 g/mol. The molecule has 0 radical (unpaired) electrons. The van der Waals surface area contributed by atoms with Crippen molar-refractivity contribution >= 4 is 0 Å². The fraction of sp³-hybridized carbons (Fsp3) is 1.00. The Labute approximate surface area is 198 Å². The Morgan fingerprint density at radius 2 is 1.16 bits per heavy atom. The molecule has 5 rings (SSSR count). The third-order valence-electron chi connectivity index (χ3n) is 13.8. The highest BCUT2D eigenvalue weighted by Crippen LogP contribution is 2.78. The van der Waals surface area contributed by atoms with Crippen molar-refractivity contribution in [2.24, 2.45) is 56.7 Å². The van der Waals surface area contributed by atoms with Gasteiger partial charge in [0.1, 0.15) is 0 Å². The smallest absolute Gasteiger partial charge is 0.0622 e. The molecule has 5 saturated carbocycles. The van der Waals surface area contributed by atoms with E-state index >= 15 is 0 Å². The van der Waals surface area contributed by atoms with E-state index in [1.165, 1.54) is 57.8 Å². The standard InChI is InChI=1S/C30H52O2/c1-25(2)21-13-18-30(8)23(28(21,6)16-14-24(25)31)10-9-22-27(5)15-11-19(26(3,4)32)20(27)12-17-29(22,30)7/h19-24,31-32H,9-18H2,1-8H3/t19-,20-,21-,22+,23+,24-,27-,28-,29+,30+/m1/s1. The van der Waals surface area contributed by atoms with E-state index in [9.17, 15) is 10.2 Å². The molecule has 32 heavy (non-hydrogen) atoms. The SMILES string of the molecule is CC(C)(O)[C@@H]1CC[C@]2(C)[C@@H]1CC[C@@]1(C)[C@H]2CC[C@H]2[C@]3(C)CC[C@@H](O)C(C)(C)[C@H]3CC[C@@]21C. The molecule has 10 atom stereocenters. The van der Waals surface area contributed by atoms with E-state index in [2.05, 4.69) is 55.4 Å². The summed E-state index contributed by atoms with van der Waals surface area (Å²) in [5.41, 5.74) is 1.07. The van der Waals surface area contributed by atoms with Crippen LogP contribution in [0.1, 0.15) is 120 Å². The third kappa shape index (κ3) is 2.72. The number of aliphatic hydroxyl groups is 2. The average Bonchev–Trinajstić information content (AvgIpc) is 3.03. The first-order chi connectivity index (χ1) is 14.6. The first kappa shape index (κ1) is 23.7. The van der Waals surface area contributed by atoms with Gasteiger partial charge in [0.25, 0.3) is 0 Å². The second-order valence-electron chi connectivity index (χ2n) is 15.4. The Hall–Kier alpha value is -0.0800. The molecule has 2 N–H and O–H groups in total. The summed E-state index contributed by atoms with van der Waals surface area (Å²) in [5, 5.41) is 21.9. The zero-order chi connectivity index (χ0) is 23.5. The fourth-order valence-corrected chi connectivity index (χ4v) is 12.0. The lowest BCUT2D eigenvalue weighted by Gasteiger charge is -2.73. The van der Waals surface area contributed by atoms with E-state index < -0.39 is 5.60 Å². The van der Waals surface area contributed by atoms with Gasteiger partial charge in [-0.2, -0.15) is 0 Å². The Morgan fingerprint density at radius 1 is 0.625 bits per heavy atom. The number of rotatable bonds is 1. The molecule has 0 aromatic heterocycles. The van der Waals surface area contributed by atoms with Crippen LogP contribution in [-0.2, 0) is 0 Å². The third-order valence-corrected chi connectivity index (χ3v) is 13.8. The molecular formula is C30H52O2. The van der Waals surface area contributed by atoms with Gasteiger partial charge in [-0.15, -0.1) is 0 Å². The van der Waals surface area contributed by atoms with Crippen molar-refractivity contribution in [3.05, 3.63) is 0 Å². The molecule has 0 aromatic rings. The van der Waals surface area contributed by atoms with Crippen molar-refractivity contribution in [3.8, 4) is 0 Å². The summed E-state index contributed by atoms with van der Waals surface area (Å²) in [4.78, 5) is 0. The Balaban J connectivity index is 1.51. The fourth-order valence-electron chi connectivity index (χ4n) is 12.0. The molecule has 0 bridgehead atoms. The van der Waals surface area contributed by atoms with Crippen molar-refractivity contribution < 1.29 is 10.2 Å². The van der Waals surface area contributed by atoms with Crippen molar-refractivity contribution in [2.75, 3.05) is 0 Å². The van der Waals surface area contributed by atoms with Gasteiger partial charge in [0, 0.05) is 0 Å². The van der Waals surface area contributed by atoms with Crippen LogP contribution in [0.25, 0.3) is 0 Å². The Morgan fingerprint density at radius 3 is 1.75 bits per heavy atom. The van der Waals surface area contributed by atoms with Gasteiger partial charge in [-0.25, -0.2) is 0 Å². The predicted octanol–water partition coefficient (Wildman–Crippen LogP) is 7.22. The normalized spacial score (nSPS) is 57.2. The van der Waals surface area contributed by atoms with Crippen LogP contribution in [0.3, 0.4) is 0 Å². The number of hydrogen-bond acceptors (Lipinski definition) is 2. The van der Waals surface area contributed by atoms with Gasteiger partial charge in [0.05, 0.1) is 11.7 Å². The van der Waals surface area contributed by atoms with E-state index in [4.69, 9.17) is 0 Å². The van der Waals surface area contributed by atoms with Crippen LogP contribution in [0.5, 0.6) is 0 Å². The van der Waals surface area contributed by atoms with Gasteiger partial charge < -0.3 is 10.2 Å². The lowest BCUT2D eigenvalue weighted by molar-refractivity contribution is -0.253. The summed E-state index contributed by atoms with van der Waals surface area (Å²) in [5.74, 6) is 3.39. The van der Waals surface area contributed by atoms with E-state index in [0.29, 0.717) is 39.4 Å². The van der Waals surface area contributed by atoms with Crippen LogP contribution in [0.2, 0.25) is 0 Å². The summed E-state index contributed by atoms with van der Waals surface area (Å²) >= 11 is 0. The molecule has 5 fully saturated rings. The zero-order valence-corrected chi connectivity index (χ0v) is 22.4. The highest BCUT2D eigenvalue weighted by Gasteiger charge is 2.71. The van der Waals surface area contributed by atoms with Crippen molar-refractivity contribution in [2.45, 2.75) is 131 Å². The van der Waals surface area contributed by atoms with Gasteiger partial charge in [0.15, 0.2) is 0 Å². The summed E-state index contributed by atoms with van der Waals surface area (Å²) in [6.45, 7) is 19.5. The lowest BCUT2D eigenvalue weighted by atomic mass is 9.32. The highest BCUT2D eigenvalue weighted by molar-refractivity contribution is 5.19. The molecule has 5 aliphatic carbocycles. The molecule has 0 unspecified atom stereocenters. The van der Waals surface area contributed by atoms with Gasteiger partial charge in [0.2, 0.25) is 0 Å². The zero-order valence-electron chi connectivity index (χ0n) is 22.4. The van der Waals surface area contributed by atoms with Crippen molar-refractivity contribution in [1.29, 1.82) is 0 Å². The van der Waals surface area contributed by atoms with E-state index in [1.54, 1.807) is 0 Å². The summed E-state index contributed by atoms with van der Waals surface area (Å²) in [7, 11) is 0. The van der Waals surface area contributed by atoms with E-state index in [1.807, 2.05) is 0 Å². The number of aliphatic hydroxyl groups excluding tert-OH is 1. The van der Waals surface area contributed by atoms with Gasteiger partial charge in [-0.05, 0) is 135 Å². The van der Waals surface area contributed by atoms with Crippen LogP contribution >= 0.6 is 0 Å². The molecule has 5 aliphatic rings. The van der Waals surface area contributed by atoms with E-state index in [0.717, 1.165) is 18.3 Å². The molecule has 2 nitrogen and oxygen atoms in total. The van der Waals surface area contributed by atoms with Crippen molar-refractivity contribution in [1.82, 2.24) is 0 Å². The van der Waals surface area contributed by atoms with E-state index in [-0.39, 0.29) is 11.5 Å². The molecule has 0 aliphatic heterocycles. The van der Waals surface area contributed by atoms with Gasteiger partial charge >= 0.3 is 0 Å². The van der Waals surface area contributed by atoms with Gasteiger partial charge in [-0.1, -0.05) is 41.5 Å². The number of hydrogen-bond donors (Lipinski definition) is 2. The quantitative estimate of drug-likeness (QED) is 0.448. The molecule has 0 spiro atoms. The van der Waals surface area contributed by atoms with Crippen LogP contribution in [0, 0.1) is 56.7 Å². The van der Waals surface area contributed by atoms with Crippen LogP contribution < -0.4 is 0 Å². The van der Waals surface area contributed by atoms with Crippen LogP contribution in [0.15, 0.2) is 0 Å². The molecule has 2 heteroatoms. The minimum Gasteiger partial charge on any atom is -0.393 e. The minimum absolute atomic E-state index is 0.0428. The summed E-state index contributed by atoms with van der Waals surface area (Å²) in [6.07, 6.45) is 12.6. The molecule has 0 heterocycles. The molecule has 184 valence electrons. The largest absolute Gasteiger partial charge is 0.393 e. The summed E-state index contributed by atoms with van der Waals surface area (Å²) in [6, 6.07) is 0. The van der Waals surface area contributed by atoms with Crippen LogP contribution in [0.4, 0.5) is 0 Å².